The van der Waals surface area contributed by atoms with Crippen molar-refractivity contribution in [2.24, 2.45) is 0 Å². The number of hydrogen-bond donors (Lipinski definition) is 0. The summed E-state index contributed by atoms with van der Waals surface area (Å²) in [4.78, 5) is 13.7. The average Bonchev–Trinajstić information content (AvgIpc) is 3.09. The van der Waals surface area contributed by atoms with Crippen LogP contribution in [0.2, 0.25) is 0 Å². The molecule has 6 rings (SSSR count). The molecular formula is C40H34OS6. The van der Waals surface area contributed by atoms with Crippen molar-refractivity contribution in [3.05, 3.63) is 146 Å². The van der Waals surface area contributed by atoms with E-state index >= 15 is 0 Å². The number of thioether (sulfide) groups is 1. The highest BCUT2D eigenvalue weighted by Gasteiger charge is 2.05. The molecule has 0 bridgehead atoms. The van der Waals surface area contributed by atoms with Gasteiger partial charge in [0.05, 0.1) is 6.10 Å². The van der Waals surface area contributed by atoms with Crippen molar-refractivity contribution in [3.8, 4) is 5.75 Å². The van der Waals surface area contributed by atoms with Crippen LogP contribution in [0.1, 0.15) is 13.8 Å². The van der Waals surface area contributed by atoms with Crippen LogP contribution in [0.3, 0.4) is 0 Å². The Morgan fingerprint density at radius 3 is 0.702 bits per heavy atom. The van der Waals surface area contributed by atoms with Crippen molar-refractivity contribution in [2.75, 3.05) is 6.26 Å². The van der Waals surface area contributed by atoms with E-state index in [1.807, 2.05) is 26.0 Å². The van der Waals surface area contributed by atoms with Crippen molar-refractivity contribution >= 4 is 70.6 Å². The Balaban J connectivity index is 0.967. The summed E-state index contributed by atoms with van der Waals surface area (Å²) >= 11 is 10.7. The molecule has 0 aliphatic rings. The first-order valence-corrected chi connectivity index (χ1v) is 20.5. The summed E-state index contributed by atoms with van der Waals surface area (Å²) in [6.07, 6.45) is 2.29. The third kappa shape index (κ3) is 10.6. The Morgan fingerprint density at radius 2 is 0.511 bits per heavy atom. The molecule has 0 amide bonds. The van der Waals surface area contributed by atoms with Crippen LogP contribution in [0.15, 0.2) is 199 Å². The van der Waals surface area contributed by atoms with E-state index in [-0.39, 0.29) is 6.10 Å². The summed E-state index contributed by atoms with van der Waals surface area (Å²) in [6, 6.07) is 52.4. The van der Waals surface area contributed by atoms with Crippen LogP contribution >= 0.6 is 70.6 Å². The van der Waals surface area contributed by atoms with Gasteiger partial charge in [0.25, 0.3) is 0 Å². The molecule has 0 radical (unpaired) electrons. The smallest absolute Gasteiger partial charge is 0.119 e. The Morgan fingerprint density at radius 1 is 0.319 bits per heavy atom. The van der Waals surface area contributed by atoms with E-state index in [1.165, 1.54) is 53.9 Å². The fraction of sp³-hybridized carbons (Fsp3) is 0.100. The van der Waals surface area contributed by atoms with Crippen LogP contribution in [0.25, 0.3) is 0 Å². The van der Waals surface area contributed by atoms with Crippen molar-refractivity contribution in [1.82, 2.24) is 0 Å². The van der Waals surface area contributed by atoms with E-state index in [9.17, 15) is 0 Å². The maximum atomic E-state index is 5.76. The lowest BCUT2D eigenvalue weighted by Gasteiger charge is -2.10. The van der Waals surface area contributed by atoms with Gasteiger partial charge in [0.15, 0.2) is 0 Å². The maximum absolute atomic E-state index is 5.76. The third-order valence-electron chi connectivity index (χ3n) is 6.73. The zero-order chi connectivity index (χ0) is 32.4. The van der Waals surface area contributed by atoms with Crippen molar-refractivity contribution in [2.45, 2.75) is 73.8 Å². The Bertz CT molecular complexity index is 1840. The first-order chi connectivity index (χ1) is 23.0. The zero-order valence-corrected chi connectivity index (χ0v) is 31.2. The van der Waals surface area contributed by atoms with Gasteiger partial charge in [-0.1, -0.05) is 58.8 Å². The summed E-state index contributed by atoms with van der Waals surface area (Å²) < 4.78 is 5.76. The molecule has 1 nitrogen and oxygen atoms in total. The van der Waals surface area contributed by atoms with Gasteiger partial charge in [-0.2, -0.15) is 0 Å². The lowest BCUT2D eigenvalue weighted by Crippen LogP contribution is -2.04. The van der Waals surface area contributed by atoms with Crippen LogP contribution in [0, 0.1) is 0 Å². The minimum Gasteiger partial charge on any atom is -0.491 e. The fourth-order valence-corrected chi connectivity index (χ4v) is 8.98. The Hall–Kier alpha value is -2.78. The molecule has 0 aliphatic heterocycles. The first kappa shape index (κ1) is 34.1. The van der Waals surface area contributed by atoms with Crippen LogP contribution in [-0.4, -0.2) is 12.4 Å². The first-order valence-electron chi connectivity index (χ1n) is 15.2. The number of benzene rings is 6. The monoisotopic (exact) mass is 722 g/mol. The van der Waals surface area contributed by atoms with Crippen molar-refractivity contribution in [3.63, 3.8) is 0 Å². The predicted molar refractivity (Wildman–Crippen MR) is 207 cm³/mol. The van der Waals surface area contributed by atoms with Gasteiger partial charge in [0.2, 0.25) is 0 Å². The molecule has 0 fully saturated rings. The van der Waals surface area contributed by atoms with E-state index in [2.05, 4.69) is 140 Å². The molecule has 6 aromatic rings. The van der Waals surface area contributed by atoms with E-state index in [1.54, 1.807) is 70.6 Å². The summed E-state index contributed by atoms with van der Waals surface area (Å²) in [5, 5.41) is 0. The highest BCUT2D eigenvalue weighted by molar-refractivity contribution is 8.00. The molecule has 236 valence electrons. The SMILES string of the molecule is CSc1ccc(Sc2ccc(Sc3ccc(Sc4ccc(Sc5ccc(Sc6ccc(OC(C)C)cc6)cc5)cc4)cc3)cc2)cc1. The second-order valence-corrected chi connectivity index (χ2v) is 17.3. The second-order valence-electron chi connectivity index (χ2n) is 10.7. The normalized spacial score (nSPS) is 11.1. The standard InChI is InChI=1S/C40H34OS6/c1-28(2)41-29-4-6-31(7-5-29)43-33-12-14-35(15-13-33)45-37-20-22-39(23-21-37)47-40-26-24-38(25-27-40)46-36-18-16-34(17-19-36)44-32-10-8-30(42-3)9-11-32/h4-28H,1-3H3. The summed E-state index contributed by atoms with van der Waals surface area (Å²) in [5.41, 5.74) is 0. The lowest BCUT2D eigenvalue weighted by molar-refractivity contribution is 0.242. The zero-order valence-electron chi connectivity index (χ0n) is 26.3. The number of hydrogen-bond acceptors (Lipinski definition) is 7. The molecule has 0 aromatic heterocycles. The highest BCUT2D eigenvalue weighted by atomic mass is 32.2. The molecular weight excluding hydrogens is 689 g/mol. The minimum absolute atomic E-state index is 0.185. The van der Waals surface area contributed by atoms with Crippen molar-refractivity contribution in [1.29, 1.82) is 0 Å². The molecule has 0 saturated carbocycles. The average molecular weight is 723 g/mol. The summed E-state index contributed by atoms with van der Waals surface area (Å²) in [5.74, 6) is 0.911. The van der Waals surface area contributed by atoms with Gasteiger partial charge >= 0.3 is 0 Å². The van der Waals surface area contributed by atoms with Crippen molar-refractivity contribution < 1.29 is 4.74 Å². The predicted octanol–water partition coefficient (Wildman–Crippen LogP) is 14.0. The molecule has 6 aromatic carbocycles. The molecule has 0 saturated heterocycles. The summed E-state index contributed by atoms with van der Waals surface area (Å²) in [6.45, 7) is 4.09. The van der Waals surface area contributed by atoms with Gasteiger partial charge in [-0.25, -0.2) is 0 Å². The van der Waals surface area contributed by atoms with Gasteiger partial charge in [-0.15, -0.1) is 11.8 Å². The summed E-state index contributed by atoms with van der Waals surface area (Å²) in [7, 11) is 0. The van der Waals surface area contributed by atoms with E-state index in [0.717, 1.165) is 5.75 Å². The van der Waals surface area contributed by atoms with E-state index in [4.69, 9.17) is 4.74 Å². The second kappa shape index (κ2) is 17.0. The van der Waals surface area contributed by atoms with Crippen LogP contribution in [0.4, 0.5) is 0 Å². The third-order valence-corrected chi connectivity index (χ3v) is 12.6. The number of ether oxygens (including phenoxy) is 1. The van der Waals surface area contributed by atoms with Gasteiger partial charge in [-0.3, -0.25) is 0 Å². The molecule has 0 spiro atoms. The fourth-order valence-electron chi connectivity index (χ4n) is 4.49. The molecule has 7 heteroatoms. The molecule has 0 N–H and O–H groups in total. The largest absolute Gasteiger partial charge is 0.491 e. The molecule has 0 atom stereocenters. The van der Waals surface area contributed by atoms with E-state index < -0.39 is 0 Å². The van der Waals surface area contributed by atoms with Crippen LogP contribution < -0.4 is 4.74 Å². The van der Waals surface area contributed by atoms with Crippen LogP contribution in [-0.2, 0) is 0 Å². The maximum Gasteiger partial charge on any atom is 0.119 e. The van der Waals surface area contributed by atoms with Gasteiger partial charge in [0.1, 0.15) is 5.75 Å². The van der Waals surface area contributed by atoms with Gasteiger partial charge in [-0.05, 0) is 166 Å². The topological polar surface area (TPSA) is 9.23 Å². The lowest BCUT2D eigenvalue weighted by atomic mass is 10.3. The minimum atomic E-state index is 0.185. The molecule has 0 heterocycles. The molecule has 47 heavy (non-hydrogen) atoms. The highest BCUT2D eigenvalue weighted by Crippen LogP contribution is 2.37. The van der Waals surface area contributed by atoms with Gasteiger partial charge in [0, 0.05) is 53.9 Å². The molecule has 0 unspecified atom stereocenters. The molecule has 0 aliphatic carbocycles. The Labute approximate surface area is 304 Å². The van der Waals surface area contributed by atoms with E-state index in [0.29, 0.717) is 0 Å². The van der Waals surface area contributed by atoms with Gasteiger partial charge < -0.3 is 4.74 Å². The van der Waals surface area contributed by atoms with Crippen LogP contribution in [0.5, 0.6) is 5.75 Å². The Kier molecular flexibility index (Phi) is 12.4. The quantitative estimate of drug-likeness (QED) is 0.108. The number of rotatable bonds is 13.